The third-order valence-corrected chi connectivity index (χ3v) is 3.86. The van der Waals surface area contributed by atoms with Crippen molar-refractivity contribution in [1.29, 1.82) is 0 Å². The number of nitrogens with one attached hydrogen (secondary N) is 1. The fourth-order valence-electron chi connectivity index (χ4n) is 2.62. The Hall–Kier alpha value is -1.25. The maximum atomic E-state index is 5.97. The van der Waals surface area contributed by atoms with Crippen molar-refractivity contribution in [3.63, 3.8) is 0 Å². The molecule has 0 spiro atoms. The van der Waals surface area contributed by atoms with Gasteiger partial charge in [-0.25, -0.2) is 4.98 Å². The maximum absolute atomic E-state index is 5.97. The van der Waals surface area contributed by atoms with Crippen LogP contribution >= 0.6 is 0 Å². The average molecular weight is 232 g/mol. The van der Waals surface area contributed by atoms with Gasteiger partial charge in [0, 0.05) is 18.0 Å². The largest absolute Gasteiger partial charge is 0.488 e. The second-order valence-electron chi connectivity index (χ2n) is 5.50. The minimum Gasteiger partial charge on any atom is -0.488 e. The summed E-state index contributed by atoms with van der Waals surface area (Å²) in [6.07, 6.45) is 3.50. The molecule has 2 atom stereocenters. The zero-order valence-electron chi connectivity index (χ0n) is 10.8. The van der Waals surface area contributed by atoms with E-state index in [2.05, 4.69) is 32.2 Å². The van der Waals surface area contributed by atoms with Gasteiger partial charge in [-0.05, 0) is 24.8 Å². The van der Waals surface area contributed by atoms with E-state index in [1.165, 1.54) is 5.56 Å². The lowest BCUT2D eigenvalue weighted by Crippen LogP contribution is -2.20. The molecule has 0 bridgehead atoms. The molecule has 0 saturated heterocycles. The lowest BCUT2D eigenvalue weighted by atomic mass is 10.0. The summed E-state index contributed by atoms with van der Waals surface area (Å²) < 4.78 is 5.97. The van der Waals surface area contributed by atoms with Gasteiger partial charge in [0.2, 0.25) is 0 Å². The predicted molar refractivity (Wildman–Crippen MR) is 68.6 cm³/mol. The van der Waals surface area contributed by atoms with E-state index >= 15 is 0 Å². The fourth-order valence-corrected chi connectivity index (χ4v) is 2.62. The van der Waals surface area contributed by atoms with Gasteiger partial charge in [0.05, 0.1) is 5.69 Å². The van der Waals surface area contributed by atoms with E-state index in [0.717, 1.165) is 36.5 Å². The van der Waals surface area contributed by atoms with E-state index < -0.39 is 0 Å². The third-order valence-electron chi connectivity index (χ3n) is 3.86. The van der Waals surface area contributed by atoms with Gasteiger partial charge in [-0.15, -0.1) is 0 Å². The summed E-state index contributed by atoms with van der Waals surface area (Å²) in [7, 11) is 0. The van der Waals surface area contributed by atoms with Gasteiger partial charge < -0.3 is 10.1 Å². The first kappa shape index (κ1) is 10.9. The number of hydrogen-bond acceptors (Lipinski definition) is 3. The Kier molecular flexibility index (Phi) is 2.49. The van der Waals surface area contributed by atoms with Crippen LogP contribution in [0.5, 0.6) is 5.75 Å². The van der Waals surface area contributed by atoms with Gasteiger partial charge in [0.25, 0.3) is 0 Å². The fraction of sp³-hybridized carbons (Fsp3) is 0.643. The number of ether oxygens (including phenoxy) is 1. The van der Waals surface area contributed by atoms with Crippen LogP contribution in [0, 0.1) is 5.92 Å². The number of pyridine rings is 1. The van der Waals surface area contributed by atoms with Crippen molar-refractivity contribution >= 4 is 5.82 Å². The van der Waals surface area contributed by atoms with E-state index in [-0.39, 0.29) is 0 Å². The summed E-state index contributed by atoms with van der Waals surface area (Å²) in [6.45, 7) is 6.62. The van der Waals surface area contributed by atoms with Gasteiger partial charge in [-0.3, -0.25) is 0 Å². The van der Waals surface area contributed by atoms with E-state index in [9.17, 15) is 0 Å². The SMILES string of the molecule is CCC1Cc2cc3c(nc2N1)CC(C(C)C)O3. The highest BCUT2D eigenvalue weighted by Gasteiger charge is 2.30. The first-order chi connectivity index (χ1) is 8.17. The summed E-state index contributed by atoms with van der Waals surface area (Å²) in [5, 5.41) is 3.49. The quantitative estimate of drug-likeness (QED) is 0.851. The Morgan fingerprint density at radius 3 is 3.00 bits per heavy atom. The topological polar surface area (TPSA) is 34.2 Å². The van der Waals surface area contributed by atoms with Crippen LogP contribution in [0.2, 0.25) is 0 Å². The second kappa shape index (κ2) is 3.90. The Morgan fingerprint density at radius 1 is 1.47 bits per heavy atom. The number of fused-ring (bicyclic) bond motifs is 2. The van der Waals surface area contributed by atoms with E-state index in [1.807, 2.05) is 0 Å². The molecule has 0 fully saturated rings. The molecular weight excluding hydrogens is 212 g/mol. The lowest BCUT2D eigenvalue weighted by Gasteiger charge is -2.13. The second-order valence-corrected chi connectivity index (χ2v) is 5.50. The highest BCUT2D eigenvalue weighted by atomic mass is 16.5. The number of anilines is 1. The minimum atomic E-state index is 0.307. The van der Waals surface area contributed by atoms with Crippen LogP contribution in [0.3, 0.4) is 0 Å². The Balaban J connectivity index is 1.87. The highest BCUT2D eigenvalue weighted by molar-refractivity contribution is 5.55. The molecule has 1 aromatic heterocycles. The zero-order valence-corrected chi connectivity index (χ0v) is 10.8. The molecular formula is C14H20N2O. The Labute approximate surface area is 103 Å². The molecule has 92 valence electrons. The third kappa shape index (κ3) is 1.78. The van der Waals surface area contributed by atoms with Crippen LogP contribution in [0.15, 0.2) is 6.07 Å². The molecule has 1 aromatic rings. The van der Waals surface area contributed by atoms with E-state index in [0.29, 0.717) is 18.1 Å². The molecule has 17 heavy (non-hydrogen) atoms. The van der Waals surface area contributed by atoms with Gasteiger partial charge in [0.1, 0.15) is 17.7 Å². The molecule has 2 aliphatic heterocycles. The van der Waals surface area contributed by atoms with Crippen LogP contribution in [-0.2, 0) is 12.8 Å². The summed E-state index contributed by atoms with van der Waals surface area (Å²) in [5.41, 5.74) is 2.45. The van der Waals surface area contributed by atoms with E-state index in [1.54, 1.807) is 0 Å². The van der Waals surface area contributed by atoms with Gasteiger partial charge in [0.15, 0.2) is 0 Å². The Bertz CT molecular complexity index is 407. The summed E-state index contributed by atoms with van der Waals surface area (Å²) >= 11 is 0. The number of nitrogens with zero attached hydrogens (tertiary/aromatic N) is 1. The van der Waals surface area contributed by atoms with Gasteiger partial charge >= 0.3 is 0 Å². The Morgan fingerprint density at radius 2 is 2.29 bits per heavy atom. The lowest BCUT2D eigenvalue weighted by molar-refractivity contribution is 0.178. The van der Waals surface area contributed by atoms with Crippen molar-refractivity contribution in [3.8, 4) is 5.75 Å². The number of hydrogen-bond donors (Lipinski definition) is 1. The molecule has 3 heteroatoms. The van der Waals surface area contributed by atoms with Crippen molar-refractivity contribution < 1.29 is 4.74 Å². The molecule has 1 N–H and O–H groups in total. The van der Waals surface area contributed by atoms with Crippen molar-refractivity contribution in [3.05, 3.63) is 17.3 Å². The van der Waals surface area contributed by atoms with Gasteiger partial charge in [-0.1, -0.05) is 20.8 Å². The normalized spacial score (nSPS) is 25.4. The molecule has 0 aromatic carbocycles. The minimum absolute atomic E-state index is 0.307. The summed E-state index contributed by atoms with van der Waals surface area (Å²) in [4.78, 5) is 4.73. The van der Waals surface area contributed by atoms with E-state index in [4.69, 9.17) is 9.72 Å². The summed E-state index contributed by atoms with van der Waals surface area (Å²) in [5.74, 6) is 2.65. The average Bonchev–Trinajstić information content (AvgIpc) is 2.87. The molecule has 2 aliphatic rings. The first-order valence-electron chi connectivity index (χ1n) is 6.63. The van der Waals surface area contributed by atoms with Crippen LogP contribution in [0.25, 0.3) is 0 Å². The van der Waals surface area contributed by atoms with Crippen molar-refractivity contribution in [1.82, 2.24) is 4.98 Å². The molecule has 3 rings (SSSR count). The molecule has 2 unspecified atom stereocenters. The molecule has 0 aliphatic carbocycles. The molecule has 0 radical (unpaired) electrons. The summed E-state index contributed by atoms with van der Waals surface area (Å²) in [6, 6.07) is 2.75. The molecule has 3 heterocycles. The number of rotatable bonds is 2. The van der Waals surface area contributed by atoms with Crippen molar-refractivity contribution in [2.45, 2.75) is 52.2 Å². The van der Waals surface area contributed by atoms with Crippen molar-refractivity contribution in [2.24, 2.45) is 5.92 Å². The predicted octanol–water partition coefficient (Wildman–Crippen LogP) is 2.79. The standard InChI is InChI=1S/C14H20N2O/c1-4-10-5-9-6-13-11(16-14(9)15-10)7-12(17-13)8(2)3/h6,8,10,12H,4-5,7H2,1-3H3,(H,15,16). The monoisotopic (exact) mass is 232 g/mol. The number of aromatic nitrogens is 1. The van der Waals surface area contributed by atoms with Crippen molar-refractivity contribution in [2.75, 3.05) is 5.32 Å². The zero-order chi connectivity index (χ0) is 12.0. The van der Waals surface area contributed by atoms with Crippen LogP contribution in [0.4, 0.5) is 5.82 Å². The first-order valence-corrected chi connectivity index (χ1v) is 6.63. The highest BCUT2D eigenvalue weighted by Crippen LogP contribution is 2.36. The van der Waals surface area contributed by atoms with Crippen LogP contribution in [-0.4, -0.2) is 17.1 Å². The molecule has 0 saturated carbocycles. The smallest absolute Gasteiger partial charge is 0.141 e. The van der Waals surface area contributed by atoms with Crippen LogP contribution < -0.4 is 10.1 Å². The van der Waals surface area contributed by atoms with Crippen LogP contribution in [0.1, 0.15) is 38.4 Å². The molecule has 3 nitrogen and oxygen atoms in total. The van der Waals surface area contributed by atoms with Gasteiger partial charge in [-0.2, -0.15) is 0 Å². The maximum Gasteiger partial charge on any atom is 0.141 e. The molecule has 0 amide bonds.